The van der Waals surface area contributed by atoms with Crippen molar-refractivity contribution < 1.29 is 14.3 Å². The molecule has 0 bridgehead atoms. The van der Waals surface area contributed by atoms with Crippen LogP contribution in [0.15, 0.2) is 52.5 Å². The highest BCUT2D eigenvalue weighted by molar-refractivity contribution is 7.99. The first kappa shape index (κ1) is 17.1. The zero-order chi connectivity index (χ0) is 17.9. The maximum Gasteiger partial charge on any atom is 0.259 e. The summed E-state index contributed by atoms with van der Waals surface area (Å²) in [6.07, 6.45) is 3.75. The van der Waals surface area contributed by atoms with Crippen LogP contribution in [0.2, 0.25) is 0 Å². The van der Waals surface area contributed by atoms with E-state index in [4.69, 9.17) is 4.74 Å². The minimum atomic E-state index is -0.201. The van der Waals surface area contributed by atoms with E-state index in [0.29, 0.717) is 17.8 Å². The smallest absolute Gasteiger partial charge is 0.259 e. The summed E-state index contributed by atoms with van der Waals surface area (Å²) in [5.74, 6) is -0.389. The van der Waals surface area contributed by atoms with Crippen LogP contribution >= 0.6 is 11.8 Å². The fourth-order valence-corrected chi connectivity index (χ4v) is 4.16. The van der Waals surface area contributed by atoms with Gasteiger partial charge in [-0.3, -0.25) is 14.5 Å². The molecule has 2 amide bonds. The molecule has 2 aromatic rings. The molecule has 7 heteroatoms. The van der Waals surface area contributed by atoms with Crippen molar-refractivity contribution in [2.45, 2.75) is 28.9 Å². The first-order valence-corrected chi connectivity index (χ1v) is 9.46. The molecule has 4 rings (SSSR count). The van der Waals surface area contributed by atoms with Gasteiger partial charge in [0.25, 0.3) is 5.91 Å². The van der Waals surface area contributed by atoms with Crippen molar-refractivity contribution in [2.24, 2.45) is 0 Å². The number of anilines is 1. The zero-order valence-electron chi connectivity index (χ0n) is 14.2. The number of ether oxygens (including phenoxy) is 1. The minimum Gasteiger partial charge on any atom is -0.376 e. The van der Waals surface area contributed by atoms with Crippen LogP contribution in [0.25, 0.3) is 0 Å². The van der Waals surface area contributed by atoms with Crippen LogP contribution in [-0.4, -0.2) is 42.6 Å². The number of benzene rings is 1. The van der Waals surface area contributed by atoms with E-state index in [0.717, 1.165) is 29.4 Å². The monoisotopic (exact) mass is 369 g/mol. The van der Waals surface area contributed by atoms with Gasteiger partial charge in [0.05, 0.1) is 17.4 Å². The van der Waals surface area contributed by atoms with E-state index in [9.17, 15) is 9.59 Å². The maximum atomic E-state index is 13.1. The van der Waals surface area contributed by atoms with Gasteiger partial charge in [0, 0.05) is 24.2 Å². The predicted octanol–water partition coefficient (Wildman–Crippen LogP) is 2.49. The quantitative estimate of drug-likeness (QED) is 0.897. The number of pyridine rings is 1. The third-order valence-electron chi connectivity index (χ3n) is 4.46. The summed E-state index contributed by atoms with van der Waals surface area (Å²) in [6.45, 7) is 1.18. The van der Waals surface area contributed by atoms with Crippen LogP contribution < -0.4 is 10.2 Å². The summed E-state index contributed by atoms with van der Waals surface area (Å²) in [5.41, 5.74) is 1.24. The number of amides is 2. The summed E-state index contributed by atoms with van der Waals surface area (Å²) < 4.78 is 5.53. The Morgan fingerprint density at radius 2 is 2.19 bits per heavy atom. The van der Waals surface area contributed by atoms with Crippen molar-refractivity contribution >= 4 is 29.3 Å². The largest absolute Gasteiger partial charge is 0.376 e. The molecule has 0 spiro atoms. The normalized spacial score (nSPS) is 18.8. The molecule has 0 unspecified atom stereocenters. The maximum absolute atomic E-state index is 13.1. The lowest BCUT2D eigenvalue weighted by Gasteiger charge is -2.22. The molecule has 3 heterocycles. The standard InChI is InChI=1S/C19H19N3O3S/c23-17(21-11-13-5-4-10-25-13)12-22-15-7-3-9-20-18(15)26-16-8-2-1-6-14(16)19(22)24/h1-3,6-9,13H,4-5,10-12H2,(H,21,23)/t13-/m0/s1. The van der Waals surface area contributed by atoms with Gasteiger partial charge < -0.3 is 10.1 Å². The summed E-state index contributed by atoms with van der Waals surface area (Å²) in [6, 6.07) is 11.0. The number of hydrogen-bond acceptors (Lipinski definition) is 5. The van der Waals surface area contributed by atoms with Gasteiger partial charge >= 0.3 is 0 Å². The molecule has 2 aliphatic rings. The van der Waals surface area contributed by atoms with Crippen molar-refractivity contribution in [1.82, 2.24) is 10.3 Å². The van der Waals surface area contributed by atoms with E-state index in [1.54, 1.807) is 18.3 Å². The molecule has 2 aliphatic heterocycles. The summed E-state index contributed by atoms with van der Waals surface area (Å²) in [4.78, 5) is 32.3. The van der Waals surface area contributed by atoms with Crippen LogP contribution in [0, 0.1) is 0 Å². The van der Waals surface area contributed by atoms with E-state index < -0.39 is 0 Å². The fourth-order valence-electron chi connectivity index (χ4n) is 3.15. The SMILES string of the molecule is O=C(CN1C(=O)c2ccccc2Sc2ncccc21)NC[C@@H]1CCCO1. The Balaban J connectivity index is 1.57. The average molecular weight is 369 g/mol. The summed E-state index contributed by atoms with van der Waals surface area (Å²) in [5, 5.41) is 3.60. The molecule has 1 saturated heterocycles. The zero-order valence-corrected chi connectivity index (χ0v) is 15.0. The lowest BCUT2D eigenvalue weighted by atomic mass is 10.2. The highest BCUT2D eigenvalue weighted by Gasteiger charge is 2.29. The second-order valence-electron chi connectivity index (χ2n) is 6.26. The topological polar surface area (TPSA) is 71.5 Å². The number of carbonyl (C=O) groups is 2. The number of fused-ring (bicyclic) bond motifs is 2. The molecule has 0 saturated carbocycles. The number of aromatic nitrogens is 1. The third kappa shape index (κ3) is 3.45. The molecule has 26 heavy (non-hydrogen) atoms. The van der Waals surface area contributed by atoms with E-state index in [2.05, 4.69) is 10.3 Å². The van der Waals surface area contributed by atoms with Crippen LogP contribution in [0.1, 0.15) is 23.2 Å². The Bertz CT molecular complexity index is 836. The van der Waals surface area contributed by atoms with Gasteiger partial charge in [-0.1, -0.05) is 23.9 Å². The van der Waals surface area contributed by atoms with E-state index >= 15 is 0 Å². The van der Waals surface area contributed by atoms with Crippen LogP contribution in [0.4, 0.5) is 5.69 Å². The van der Waals surface area contributed by atoms with Crippen molar-refractivity contribution in [3.8, 4) is 0 Å². The van der Waals surface area contributed by atoms with E-state index in [-0.39, 0.29) is 24.5 Å². The first-order chi connectivity index (χ1) is 12.7. The summed E-state index contributed by atoms with van der Waals surface area (Å²) in [7, 11) is 0. The van der Waals surface area contributed by atoms with Gasteiger partial charge in [-0.15, -0.1) is 0 Å². The molecule has 134 valence electrons. The highest BCUT2D eigenvalue weighted by atomic mass is 32.2. The van der Waals surface area contributed by atoms with Crippen molar-refractivity contribution in [1.29, 1.82) is 0 Å². The number of nitrogens with one attached hydrogen (secondary N) is 1. The van der Waals surface area contributed by atoms with E-state index in [1.165, 1.54) is 16.7 Å². The van der Waals surface area contributed by atoms with Gasteiger partial charge in [-0.25, -0.2) is 4.98 Å². The van der Waals surface area contributed by atoms with Gasteiger partial charge in [0.2, 0.25) is 5.91 Å². The second kappa shape index (κ2) is 7.47. The molecule has 1 aromatic carbocycles. The Morgan fingerprint density at radius 3 is 3.04 bits per heavy atom. The Hall–Kier alpha value is -2.38. The Morgan fingerprint density at radius 1 is 1.31 bits per heavy atom. The fraction of sp³-hybridized carbons (Fsp3) is 0.316. The molecular weight excluding hydrogens is 350 g/mol. The lowest BCUT2D eigenvalue weighted by Crippen LogP contribution is -2.43. The number of rotatable bonds is 4. The summed E-state index contributed by atoms with van der Waals surface area (Å²) >= 11 is 1.45. The number of carbonyl (C=O) groups excluding carboxylic acids is 2. The van der Waals surface area contributed by atoms with Crippen LogP contribution in [-0.2, 0) is 9.53 Å². The van der Waals surface area contributed by atoms with Crippen LogP contribution in [0.5, 0.6) is 0 Å². The molecule has 1 N–H and O–H groups in total. The van der Waals surface area contributed by atoms with Gasteiger partial charge in [-0.05, 0) is 37.1 Å². The van der Waals surface area contributed by atoms with Gasteiger partial charge in [0.15, 0.2) is 0 Å². The molecule has 1 aromatic heterocycles. The lowest BCUT2D eigenvalue weighted by molar-refractivity contribution is -0.120. The van der Waals surface area contributed by atoms with Crippen molar-refractivity contribution in [3.63, 3.8) is 0 Å². The van der Waals surface area contributed by atoms with Gasteiger partial charge in [0.1, 0.15) is 11.6 Å². The number of nitrogens with zero attached hydrogens (tertiary/aromatic N) is 2. The predicted molar refractivity (Wildman–Crippen MR) is 98.5 cm³/mol. The third-order valence-corrected chi connectivity index (χ3v) is 5.55. The first-order valence-electron chi connectivity index (χ1n) is 8.64. The Kier molecular flexibility index (Phi) is 4.90. The molecular formula is C19H19N3O3S. The second-order valence-corrected chi connectivity index (χ2v) is 7.29. The molecule has 1 atom stereocenters. The van der Waals surface area contributed by atoms with Gasteiger partial charge in [-0.2, -0.15) is 0 Å². The molecule has 6 nitrogen and oxygen atoms in total. The highest BCUT2D eigenvalue weighted by Crippen LogP contribution is 2.39. The molecule has 0 radical (unpaired) electrons. The van der Waals surface area contributed by atoms with Crippen LogP contribution in [0.3, 0.4) is 0 Å². The van der Waals surface area contributed by atoms with Crippen molar-refractivity contribution in [2.75, 3.05) is 24.6 Å². The molecule has 1 fully saturated rings. The Labute approximate surface area is 155 Å². The average Bonchev–Trinajstić information content (AvgIpc) is 3.15. The van der Waals surface area contributed by atoms with E-state index in [1.807, 2.05) is 24.3 Å². The van der Waals surface area contributed by atoms with Crippen molar-refractivity contribution in [3.05, 3.63) is 48.2 Å². The minimum absolute atomic E-state index is 0.0425. The molecule has 0 aliphatic carbocycles. The number of hydrogen-bond donors (Lipinski definition) is 1.